The SMILES string of the molecule is CCCC1([N+](C)(C)CC)CO1.[Cl-]. The lowest BCUT2D eigenvalue weighted by molar-refractivity contribution is -0.936. The van der Waals surface area contributed by atoms with E-state index in [0.29, 0.717) is 0 Å². The van der Waals surface area contributed by atoms with Crippen molar-refractivity contribution in [3.05, 3.63) is 0 Å². The van der Waals surface area contributed by atoms with Gasteiger partial charge in [-0.1, -0.05) is 6.92 Å². The summed E-state index contributed by atoms with van der Waals surface area (Å²) >= 11 is 0. The summed E-state index contributed by atoms with van der Waals surface area (Å²) in [6.07, 6.45) is 2.43. The molecule has 0 bridgehead atoms. The van der Waals surface area contributed by atoms with Crippen LogP contribution in [0.4, 0.5) is 0 Å². The van der Waals surface area contributed by atoms with Gasteiger partial charge in [0.1, 0.15) is 6.61 Å². The third-order valence-corrected chi connectivity index (χ3v) is 3.01. The Hall–Kier alpha value is 0.210. The molecule has 0 N–H and O–H groups in total. The van der Waals surface area contributed by atoms with Gasteiger partial charge in [0.05, 0.1) is 20.6 Å². The van der Waals surface area contributed by atoms with E-state index < -0.39 is 0 Å². The van der Waals surface area contributed by atoms with E-state index in [2.05, 4.69) is 27.9 Å². The second-order valence-corrected chi connectivity index (χ2v) is 3.99. The fraction of sp³-hybridized carbons (Fsp3) is 1.00. The number of likely N-dealkylation sites (N-methyl/N-ethyl adjacent to an activating group) is 1. The quantitative estimate of drug-likeness (QED) is 0.396. The molecule has 0 aromatic carbocycles. The molecule has 0 spiro atoms. The Morgan fingerprint density at radius 1 is 1.33 bits per heavy atom. The van der Waals surface area contributed by atoms with Crippen LogP contribution in [0.25, 0.3) is 0 Å². The number of hydrogen-bond acceptors (Lipinski definition) is 1. The molecule has 0 aromatic rings. The molecule has 0 radical (unpaired) electrons. The molecule has 1 atom stereocenters. The van der Waals surface area contributed by atoms with Gasteiger partial charge in [0.15, 0.2) is 0 Å². The second-order valence-electron chi connectivity index (χ2n) is 3.99. The van der Waals surface area contributed by atoms with Crippen molar-refractivity contribution in [1.29, 1.82) is 0 Å². The van der Waals surface area contributed by atoms with E-state index >= 15 is 0 Å². The topological polar surface area (TPSA) is 12.5 Å². The van der Waals surface area contributed by atoms with Gasteiger partial charge >= 0.3 is 0 Å². The summed E-state index contributed by atoms with van der Waals surface area (Å²) in [7, 11) is 4.51. The van der Waals surface area contributed by atoms with Gasteiger partial charge in [0.2, 0.25) is 5.72 Å². The maximum atomic E-state index is 5.56. The van der Waals surface area contributed by atoms with Crippen LogP contribution in [-0.2, 0) is 4.74 Å². The summed E-state index contributed by atoms with van der Waals surface area (Å²) in [6.45, 7) is 6.56. The predicted molar refractivity (Wildman–Crippen MR) is 46.2 cm³/mol. The maximum Gasteiger partial charge on any atom is 0.227 e. The van der Waals surface area contributed by atoms with Gasteiger partial charge in [-0.25, -0.2) is 0 Å². The van der Waals surface area contributed by atoms with Gasteiger partial charge in [-0.15, -0.1) is 0 Å². The first-order chi connectivity index (χ1) is 5.08. The molecule has 2 nitrogen and oxygen atoms in total. The zero-order valence-corrected chi connectivity index (χ0v) is 9.32. The van der Waals surface area contributed by atoms with Crippen LogP contribution in [0.15, 0.2) is 0 Å². The zero-order chi connectivity index (χ0) is 8.54. The number of ether oxygens (including phenoxy) is 1. The molecular weight excluding hydrogens is 174 g/mol. The number of epoxide rings is 1. The van der Waals surface area contributed by atoms with E-state index in [1.54, 1.807) is 0 Å². The van der Waals surface area contributed by atoms with Crippen LogP contribution < -0.4 is 12.4 Å². The van der Waals surface area contributed by atoms with Crippen molar-refractivity contribution in [1.82, 2.24) is 0 Å². The fourth-order valence-electron chi connectivity index (χ4n) is 1.56. The van der Waals surface area contributed by atoms with Crippen LogP contribution in [0.3, 0.4) is 0 Å². The zero-order valence-electron chi connectivity index (χ0n) is 8.56. The van der Waals surface area contributed by atoms with Crippen molar-refractivity contribution < 1.29 is 21.6 Å². The summed E-state index contributed by atoms with van der Waals surface area (Å²) in [5, 5.41) is 0. The van der Waals surface area contributed by atoms with Crippen LogP contribution in [-0.4, -0.2) is 37.5 Å². The van der Waals surface area contributed by atoms with E-state index in [-0.39, 0.29) is 18.1 Å². The Balaban J connectivity index is 0.00000121. The lowest BCUT2D eigenvalue weighted by Gasteiger charge is -2.34. The van der Waals surface area contributed by atoms with Crippen LogP contribution in [0.2, 0.25) is 0 Å². The molecule has 3 heteroatoms. The highest BCUT2D eigenvalue weighted by atomic mass is 35.5. The first-order valence-electron chi connectivity index (χ1n) is 4.55. The third kappa shape index (κ3) is 1.93. The van der Waals surface area contributed by atoms with E-state index in [1.165, 1.54) is 12.8 Å². The van der Waals surface area contributed by atoms with Crippen molar-refractivity contribution in [3.63, 3.8) is 0 Å². The van der Waals surface area contributed by atoms with Crippen molar-refractivity contribution >= 4 is 0 Å². The molecule has 1 aliphatic rings. The lowest BCUT2D eigenvalue weighted by atomic mass is 10.1. The van der Waals surface area contributed by atoms with Crippen LogP contribution in [0.5, 0.6) is 0 Å². The number of hydrogen-bond donors (Lipinski definition) is 0. The maximum absolute atomic E-state index is 5.56. The number of quaternary nitrogens is 1. The van der Waals surface area contributed by atoms with Gasteiger partial charge < -0.3 is 17.1 Å². The highest BCUT2D eigenvalue weighted by Crippen LogP contribution is 2.39. The number of nitrogens with zero attached hydrogens (tertiary/aromatic N) is 1. The van der Waals surface area contributed by atoms with Crippen molar-refractivity contribution in [2.45, 2.75) is 32.4 Å². The molecule has 1 rings (SSSR count). The molecule has 1 heterocycles. The average molecular weight is 194 g/mol. The second kappa shape index (κ2) is 3.95. The van der Waals surface area contributed by atoms with Gasteiger partial charge in [-0.3, -0.25) is 4.48 Å². The van der Waals surface area contributed by atoms with Gasteiger partial charge in [0, 0.05) is 6.42 Å². The number of rotatable bonds is 4. The van der Waals surface area contributed by atoms with E-state index in [4.69, 9.17) is 4.74 Å². The minimum Gasteiger partial charge on any atom is -1.00 e. The molecule has 0 amide bonds. The molecule has 1 aliphatic heterocycles. The first-order valence-corrected chi connectivity index (χ1v) is 4.55. The monoisotopic (exact) mass is 193 g/mol. The van der Waals surface area contributed by atoms with Gasteiger partial charge in [-0.05, 0) is 13.3 Å². The smallest absolute Gasteiger partial charge is 0.227 e. The Labute approximate surface area is 81.9 Å². The van der Waals surface area contributed by atoms with Gasteiger partial charge in [0.25, 0.3) is 0 Å². The fourth-order valence-corrected chi connectivity index (χ4v) is 1.56. The Morgan fingerprint density at radius 3 is 2.08 bits per heavy atom. The Morgan fingerprint density at radius 2 is 1.83 bits per heavy atom. The van der Waals surface area contributed by atoms with E-state index in [9.17, 15) is 0 Å². The first kappa shape index (κ1) is 12.2. The summed E-state index contributed by atoms with van der Waals surface area (Å²) < 4.78 is 6.58. The van der Waals surface area contributed by atoms with E-state index in [1.807, 2.05) is 0 Å². The van der Waals surface area contributed by atoms with Gasteiger partial charge in [-0.2, -0.15) is 0 Å². The van der Waals surface area contributed by atoms with Crippen molar-refractivity contribution in [2.24, 2.45) is 0 Å². The Kier molecular flexibility index (Phi) is 4.01. The molecule has 0 aliphatic carbocycles. The predicted octanol–water partition coefficient (Wildman–Crippen LogP) is -1.39. The molecular formula is C9H20ClNO. The molecule has 1 unspecified atom stereocenters. The third-order valence-electron chi connectivity index (χ3n) is 3.01. The lowest BCUT2D eigenvalue weighted by Crippen LogP contribution is -3.00. The summed E-state index contributed by atoms with van der Waals surface area (Å²) in [6, 6.07) is 0. The largest absolute Gasteiger partial charge is 1.00 e. The molecule has 1 saturated heterocycles. The summed E-state index contributed by atoms with van der Waals surface area (Å²) in [4.78, 5) is 0. The molecule has 12 heavy (non-hydrogen) atoms. The average Bonchev–Trinajstić information content (AvgIpc) is 2.70. The highest BCUT2D eigenvalue weighted by Gasteiger charge is 2.57. The van der Waals surface area contributed by atoms with Crippen molar-refractivity contribution in [3.8, 4) is 0 Å². The normalized spacial score (nSPS) is 28.0. The number of halogens is 1. The molecule has 1 fully saturated rings. The molecule has 74 valence electrons. The van der Waals surface area contributed by atoms with Crippen LogP contribution in [0.1, 0.15) is 26.7 Å². The minimum absolute atomic E-state index is 0. The van der Waals surface area contributed by atoms with E-state index in [0.717, 1.165) is 17.6 Å². The summed E-state index contributed by atoms with van der Waals surface area (Å²) in [5.41, 5.74) is 0.184. The van der Waals surface area contributed by atoms with Crippen molar-refractivity contribution in [2.75, 3.05) is 27.2 Å². The van der Waals surface area contributed by atoms with Crippen LogP contribution >= 0.6 is 0 Å². The molecule has 0 saturated carbocycles. The standard InChI is InChI=1S/C9H20NO.ClH/c1-5-7-9(8-11-9)10(3,4)6-2;/h5-8H2,1-4H3;1H/q+1;/p-1. The highest BCUT2D eigenvalue weighted by molar-refractivity contribution is 4.81. The summed E-state index contributed by atoms with van der Waals surface area (Å²) in [5.74, 6) is 0. The molecule has 0 aromatic heterocycles. The Bertz CT molecular complexity index is 143. The van der Waals surface area contributed by atoms with Crippen LogP contribution in [0, 0.1) is 0 Å². The minimum atomic E-state index is 0.